The Labute approximate surface area is 190 Å². The van der Waals surface area contributed by atoms with Crippen LogP contribution >= 0.6 is 11.6 Å². The molecule has 1 fully saturated rings. The molecule has 0 spiro atoms. The third-order valence-electron chi connectivity index (χ3n) is 5.59. The van der Waals surface area contributed by atoms with Crippen molar-refractivity contribution < 1.29 is 15.0 Å². The molecule has 2 aromatic rings. The van der Waals surface area contributed by atoms with Gasteiger partial charge in [-0.2, -0.15) is 9.78 Å². The van der Waals surface area contributed by atoms with Crippen LogP contribution in [0.5, 0.6) is 0 Å². The molecule has 9 nitrogen and oxygen atoms in total. The predicted molar refractivity (Wildman–Crippen MR) is 120 cm³/mol. The van der Waals surface area contributed by atoms with E-state index in [-0.39, 0.29) is 28.7 Å². The number of aliphatic hydroxyl groups is 2. The summed E-state index contributed by atoms with van der Waals surface area (Å²) in [6.45, 7) is 3.09. The standard InChI is InChI=1S/C22H29ClN4O5/c1-22(2,32)13-26-19(29)12-25-27(21(26)31)15-8-9-17(23)16(10-15)20(30)24-11-14-6-4-3-5-7-18(14)28/h8-10,12,14,18,28,32H,3-7,11,13H2,1-2H3,(H,24,30)/t14-,18-/m1/s1. The van der Waals surface area contributed by atoms with E-state index in [0.29, 0.717) is 6.54 Å². The number of carbonyl (C=O) groups is 1. The number of hydrogen-bond donors (Lipinski definition) is 3. The first kappa shape index (κ1) is 24.2. The second-order valence-corrected chi connectivity index (χ2v) is 9.32. The van der Waals surface area contributed by atoms with Crippen LogP contribution in [0.1, 0.15) is 56.3 Å². The van der Waals surface area contributed by atoms with E-state index in [9.17, 15) is 24.6 Å². The number of amides is 1. The van der Waals surface area contributed by atoms with Crippen LogP contribution in [0, 0.1) is 5.92 Å². The first-order valence-corrected chi connectivity index (χ1v) is 11.1. The zero-order valence-electron chi connectivity index (χ0n) is 18.3. The molecule has 0 unspecified atom stereocenters. The maximum absolute atomic E-state index is 12.8. The Kier molecular flexibility index (Phi) is 7.53. The van der Waals surface area contributed by atoms with E-state index < -0.39 is 28.9 Å². The van der Waals surface area contributed by atoms with Crippen LogP contribution in [-0.4, -0.2) is 48.7 Å². The quantitative estimate of drug-likeness (QED) is 0.556. The molecule has 0 aliphatic heterocycles. The van der Waals surface area contributed by atoms with Crippen molar-refractivity contribution in [3.8, 4) is 5.69 Å². The first-order chi connectivity index (χ1) is 15.1. The molecule has 1 amide bonds. The Morgan fingerprint density at radius 1 is 1.25 bits per heavy atom. The number of aliphatic hydroxyl groups excluding tert-OH is 1. The summed E-state index contributed by atoms with van der Waals surface area (Å²) in [4.78, 5) is 37.7. The summed E-state index contributed by atoms with van der Waals surface area (Å²) in [6.07, 6.45) is 5.18. The Bertz CT molecular complexity index is 1090. The summed E-state index contributed by atoms with van der Waals surface area (Å²) >= 11 is 6.23. The molecule has 0 saturated heterocycles. The van der Waals surface area contributed by atoms with Crippen molar-refractivity contribution in [2.75, 3.05) is 6.54 Å². The molecule has 1 aliphatic rings. The minimum atomic E-state index is -1.28. The minimum Gasteiger partial charge on any atom is -0.393 e. The third-order valence-corrected chi connectivity index (χ3v) is 5.92. The molecule has 1 saturated carbocycles. The third kappa shape index (κ3) is 5.85. The fourth-order valence-corrected chi connectivity index (χ4v) is 4.09. The second-order valence-electron chi connectivity index (χ2n) is 8.92. The molecule has 1 aromatic heterocycles. The van der Waals surface area contributed by atoms with Gasteiger partial charge in [0.2, 0.25) is 0 Å². The average molecular weight is 465 g/mol. The van der Waals surface area contributed by atoms with Crippen LogP contribution in [0.4, 0.5) is 0 Å². The molecule has 174 valence electrons. The van der Waals surface area contributed by atoms with Crippen LogP contribution in [0.3, 0.4) is 0 Å². The van der Waals surface area contributed by atoms with Gasteiger partial charge in [-0.1, -0.05) is 30.9 Å². The van der Waals surface area contributed by atoms with E-state index >= 15 is 0 Å². The van der Waals surface area contributed by atoms with Crippen molar-refractivity contribution in [1.82, 2.24) is 19.7 Å². The van der Waals surface area contributed by atoms with Gasteiger partial charge in [0.15, 0.2) is 0 Å². The highest BCUT2D eigenvalue weighted by Gasteiger charge is 2.23. The van der Waals surface area contributed by atoms with Gasteiger partial charge >= 0.3 is 5.69 Å². The summed E-state index contributed by atoms with van der Waals surface area (Å²) < 4.78 is 1.87. The van der Waals surface area contributed by atoms with Gasteiger partial charge < -0.3 is 15.5 Å². The van der Waals surface area contributed by atoms with Crippen molar-refractivity contribution in [1.29, 1.82) is 0 Å². The zero-order chi connectivity index (χ0) is 23.5. The molecule has 32 heavy (non-hydrogen) atoms. The topological polar surface area (TPSA) is 126 Å². The van der Waals surface area contributed by atoms with Crippen LogP contribution in [0.15, 0.2) is 34.0 Å². The van der Waals surface area contributed by atoms with Gasteiger partial charge in [0, 0.05) is 12.5 Å². The normalized spacial score (nSPS) is 19.4. The maximum atomic E-state index is 12.8. The predicted octanol–water partition coefficient (Wildman–Crippen LogP) is 1.49. The summed E-state index contributed by atoms with van der Waals surface area (Å²) in [5, 5.41) is 27.2. The Morgan fingerprint density at radius 2 is 1.97 bits per heavy atom. The summed E-state index contributed by atoms with van der Waals surface area (Å²) in [5.74, 6) is -0.441. The zero-order valence-corrected chi connectivity index (χ0v) is 19.0. The Balaban J connectivity index is 1.86. The van der Waals surface area contributed by atoms with E-state index in [1.54, 1.807) is 0 Å². The number of hydrogen-bond acceptors (Lipinski definition) is 6. The van der Waals surface area contributed by atoms with Crippen molar-refractivity contribution in [2.24, 2.45) is 5.92 Å². The van der Waals surface area contributed by atoms with Gasteiger partial charge in [-0.25, -0.2) is 4.79 Å². The van der Waals surface area contributed by atoms with Gasteiger partial charge in [0.05, 0.1) is 34.5 Å². The smallest absolute Gasteiger partial charge is 0.352 e. The number of carbonyl (C=O) groups excluding carboxylic acids is 1. The SMILES string of the molecule is CC(C)(O)Cn1c(=O)cnn(-c2ccc(Cl)c(C(=O)NC[C@H]3CCCCC[C@H]3O)c2)c1=O. The van der Waals surface area contributed by atoms with Gasteiger partial charge in [-0.05, 0) is 44.9 Å². The first-order valence-electron chi connectivity index (χ1n) is 10.7. The monoisotopic (exact) mass is 464 g/mol. The molecule has 2 atom stereocenters. The lowest BCUT2D eigenvalue weighted by Crippen LogP contribution is -2.45. The van der Waals surface area contributed by atoms with Crippen LogP contribution in [0.2, 0.25) is 5.02 Å². The number of nitrogens with zero attached hydrogens (tertiary/aromatic N) is 3. The van der Waals surface area contributed by atoms with Crippen molar-refractivity contribution >= 4 is 17.5 Å². The lowest BCUT2D eigenvalue weighted by Gasteiger charge is -2.21. The fraction of sp³-hybridized carbons (Fsp3) is 0.545. The van der Waals surface area contributed by atoms with Gasteiger partial charge in [0.1, 0.15) is 6.20 Å². The number of aromatic nitrogens is 3. The Morgan fingerprint density at radius 3 is 2.69 bits per heavy atom. The summed E-state index contributed by atoms with van der Waals surface area (Å²) in [7, 11) is 0. The molecule has 0 bridgehead atoms. The Hall–Kier alpha value is -2.49. The van der Waals surface area contributed by atoms with Crippen LogP contribution < -0.4 is 16.6 Å². The molecule has 1 heterocycles. The highest BCUT2D eigenvalue weighted by atomic mass is 35.5. The summed E-state index contributed by atoms with van der Waals surface area (Å²) in [6, 6.07) is 4.42. The van der Waals surface area contributed by atoms with Crippen molar-refractivity contribution in [3.05, 3.63) is 55.8 Å². The number of rotatable bonds is 6. The van der Waals surface area contributed by atoms with E-state index in [2.05, 4.69) is 10.4 Å². The molecular weight excluding hydrogens is 436 g/mol. The van der Waals surface area contributed by atoms with Crippen LogP contribution in [0.25, 0.3) is 5.69 Å². The lowest BCUT2D eigenvalue weighted by atomic mass is 9.97. The molecule has 1 aromatic carbocycles. The maximum Gasteiger partial charge on any atom is 0.352 e. The summed E-state index contributed by atoms with van der Waals surface area (Å²) in [5.41, 5.74) is -2.25. The second kappa shape index (κ2) is 9.97. The lowest BCUT2D eigenvalue weighted by molar-refractivity contribution is 0.0585. The van der Waals surface area contributed by atoms with Gasteiger partial charge in [-0.15, -0.1) is 0 Å². The number of benzene rings is 1. The molecule has 10 heteroatoms. The van der Waals surface area contributed by atoms with E-state index in [1.165, 1.54) is 32.0 Å². The van der Waals surface area contributed by atoms with Crippen molar-refractivity contribution in [2.45, 2.75) is 64.2 Å². The van der Waals surface area contributed by atoms with E-state index in [4.69, 9.17) is 11.6 Å². The fourth-order valence-electron chi connectivity index (χ4n) is 3.89. The van der Waals surface area contributed by atoms with E-state index in [0.717, 1.165) is 47.5 Å². The highest BCUT2D eigenvalue weighted by Crippen LogP contribution is 2.24. The van der Waals surface area contributed by atoms with Gasteiger partial charge in [0.25, 0.3) is 11.5 Å². The van der Waals surface area contributed by atoms with Gasteiger partial charge in [-0.3, -0.25) is 14.2 Å². The average Bonchev–Trinajstić information content (AvgIpc) is 2.93. The van der Waals surface area contributed by atoms with Crippen molar-refractivity contribution in [3.63, 3.8) is 0 Å². The van der Waals surface area contributed by atoms with E-state index in [1.807, 2.05) is 0 Å². The molecule has 0 radical (unpaired) electrons. The molecule has 3 N–H and O–H groups in total. The number of nitrogens with one attached hydrogen (secondary N) is 1. The highest BCUT2D eigenvalue weighted by molar-refractivity contribution is 6.33. The van der Waals surface area contributed by atoms with Crippen LogP contribution in [-0.2, 0) is 6.54 Å². The molecular formula is C22H29ClN4O5. The molecule has 1 aliphatic carbocycles. The molecule has 3 rings (SSSR count). The minimum absolute atomic E-state index is 0.0157. The number of halogens is 1. The largest absolute Gasteiger partial charge is 0.393 e.